The molecule has 0 atom stereocenters. The lowest BCUT2D eigenvalue weighted by molar-refractivity contribution is 0.274. The van der Waals surface area contributed by atoms with Gasteiger partial charge in [0.05, 0.1) is 6.61 Å². The van der Waals surface area contributed by atoms with Gasteiger partial charge in [0.25, 0.3) is 0 Å². The van der Waals surface area contributed by atoms with E-state index in [0.29, 0.717) is 11.3 Å². The van der Waals surface area contributed by atoms with Crippen molar-refractivity contribution in [3.05, 3.63) is 63.8 Å². The average Bonchev–Trinajstić information content (AvgIpc) is 2.39. The fourth-order valence-electron chi connectivity index (χ4n) is 1.48. The minimum atomic E-state index is -0.374. The van der Waals surface area contributed by atoms with Crippen molar-refractivity contribution in [2.45, 2.75) is 13.2 Å². The van der Waals surface area contributed by atoms with E-state index in [9.17, 15) is 9.18 Å². The maximum absolute atomic E-state index is 13.3. The maximum Gasteiger partial charge on any atom is 0.223 e. The first-order chi connectivity index (χ1) is 8.70. The minimum Gasteiger partial charge on any atom is -0.483 e. The number of aromatic amines is 1. The highest BCUT2D eigenvalue weighted by atomic mass is 19.1. The van der Waals surface area contributed by atoms with Crippen LogP contribution in [0.15, 0.2) is 41.3 Å². The zero-order valence-electron chi connectivity index (χ0n) is 9.52. The summed E-state index contributed by atoms with van der Waals surface area (Å²) in [5, 5.41) is 8.84. The largest absolute Gasteiger partial charge is 0.483 e. The third kappa shape index (κ3) is 2.75. The molecule has 0 saturated heterocycles. The third-order valence-electron chi connectivity index (χ3n) is 2.45. The number of halogens is 1. The Bertz CT molecular complexity index is 595. The summed E-state index contributed by atoms with van der Waals surface area (Å²) < 4.78 is 18.6. The lowest BCUT2D eigenvalue weighted by atomic mass is 10.2. The molecule has 2 aromatic rings. The van der Waals surface area contributed by atoms with E-state index in [0.717, 1.165) is 0 Å². The maximum atomic E-state index is 13.3. The van der Waals surface area contributed by atoms with Crippen LogP contribution in [-0.2, 0) is 13.2 Å². The fraction of sp³-hybridized carbons (Fsp3) is 0.154. The predicted molar refractivity (Wildman–Crippen MR) is 63.7 cm³/mol. The van der Waals surface area contributed by atoms with E-state index in [-0.39, 0.29) is 30.2 Å². The quantitative estimate of drug-likeness (QED) is 0.864. The molecule has 4 nitrogen and oxygen atoms in total. The number of aliphatic hydroxyl groups excluding tert-OH is 1. The number of pyridine rings is 1. The Kier molecular flexibility index (Phi) is 3.74. The zero-order valence-corrected chi connectivity index (χ0v) is 9.52. The number of rotatable bonds is 4. The lowest BCUT2D eigenvalue weighted by Gasteiger charge is -2.06. The molecule has 0 aliphatic heterocycles. The molecule has 1 aromatic heterocycles. The number of aliphatic hydroxyl groups is 1. The van der Waals surface area contributed by atoms with Crippen molar-refractivity contribution in [1.82, 2.24) is 4.98 Å². The molecule has 0 aliphatic carbocycles. The summed E-state index contributed by atoms with van der Waals surface area (Å²) in [6.07, 6.45) is 1.36. The van der Waals surface area contributed by atoms with E-state index in [1.807, 2.05) is 0 Å². The summed E-state index contributed by atoms with van der Waals surface area (Å²) in [4.78, 5) is 14.3. The third-order valence-corrected chi connectivity index (χ3v) is 2.45. The molecule has 0 fully saturated rings. The van der Waals surface area contributed by atoms with Crippen molar-refractivity contribution in [2.24, 2.45) is 0 Å². The standard InChI is InChI=1S/C13H12FNO3/c14-11-4-2-1-3-9(11)8-18-13-6-15-10(7-16)5-12(13)17/h1-6,16H,7-8H2,(H,15,17). The first-order valence-corrected chi connectivity index (χ1v) is 5.39. The SMILES string of the molecule is O=c1cc(CO)[nH]cc1OCc1ccccc1F. The Morgan fingerprint density at radius 3 is 2.78 bits per heavy atom. The number of ether oxygens (including phenoxy) is 1. The lowest BCUT2D eigenvalue weighted by Crippen LogP contribution is -2.10. The number of nitrogens with one attached hydrogen (secondary N) is 1. The Morgan fingerprint density at radius 1 is 1.33 bits per heavy atom. The van der Waals surface area contributed by atoms with Gasteiger partial charge < -0.3 is 14.8 Å². The van der Waals surface area contributed by atoms with E-state index in [1.165, 1.54) is 18.3 Å². The van der Waals surface area contributed by atoms with Crippen LogP contribution in [0.1, 0.15) is 11.3 Å². The van der Waals surface area contributed by atoms with E-state index in [4.69, 9.17) is 9.84 Å². The van der Waals surface area contributed by atoms with Gasteiger partial charge in [-0.15, -0.1) is 0 Å². The Hall–Kier alpha value is -2.14. The van der Waals surface area contributed by atoms with Gasteiger partial charge in [-0.05, 0) is 6.07 Å². The molecular weight excluding hydrogens is 237 g/mol. The van der Waals surface area contributed by atoms with Gasteiger partial charge in [0.15, 0.2) is 5.75 Å². The Morgan fingerprint density at radius 2 is 2.11 bits per heavy atom. The fourth-order valence-corrected chi connectivity index (χ4v) is 1.48. The van der Waals surface area contributed by atoms with Gasteiger partial charge >= 0.3 is 0 Å². The second-order valence-electron chi connectivity index (χ2n) is 3.72. The summed E-state index contributed by atoms with van der Waals surface area (Å²) in [7, 11) is 0. The first kappa shape index (κ1) is 12.3. The van der Waals surface area contributed by atoms with Gasteiger partial charge in [-0.25, -0.2) is 4.39 Å². The smallest absolute Gasteiger partial charge is 0.223 e. The van der Waals surface area contributed by atoms with Crippen molar-refractivity contribution < 1.29 is 14.2 Å². The molecule has 94 valence electrons. The van der Waals surface area contributed by atoms with Crippen molar-refractivity contribution in [3.8, 4) is 5.75 Å². The number of H-pyrrole nitrogens is 1. The van der Waals surface area contributed by atoms with Gasteiger partial charge in [-0.2, -0.15) is 0 Å². The topological polar surface area (TPSA) is 62.3 Å². The molecule has 1 heterocycles. The monoisotopic (exact) mass is 249 g/mol. The molecule has 2 N–H and O–H groups in total. The summed E-state index contributed by atoms with van der Waals surface area (Å²) in [6.45, 7) is -0.267. The molecule has 0 radical (unpaired) electrons. The van der Waals surface area contributed by atoms with Gasteiger partial charge in [0, 0.05) is 23.5 Å². The van der Waals surface area contributed by atoms with E-state index < -0.39 is 0 Å². The van der Waals surface area contributed by atoms with Crippen LogP contribution in [-0.4, -0.2) is 10.1 Å². The average molecular weight is 249 g/mol. The first-order valence-electron chi connectivity index (χ1n) is 5.39. The van der Waals surface area contributed by atoms with Gasteiger partial charge in [0.2, 0.25) is 5.43 Å². The molecule has 0 spiro atoms. The van der Waals surface area contributed by atoms with Crippen LogP contribution in [0.25, 0.3) is 0 Å². The number of benzene rings is 1. The Labute approximate surface area is 103 Å². The Balaban J connectivity index is 2.11. The van der Waals surface area contributed by atoms with Crippen LogP contribution in [0.3, 0.4) is 0 Å². The summed E-state index contributed by atoms with van der Waals surface area (Å²) in [5.74, 6) is -0.281. The van der Waals surface area contributed by atoms with Gasteiger partial charge in [0.1, 0.15) is 12.4 Å². The molecule has 0 unspecified atom stereocenters. The van der Waals surface area contributed by atoms with E-state index >= 15 is 0 Å². The molecule has 5 heteroatoms. The van der Waals surface area contributed by atoms with Crippen LogP contribution < -0.4 is 10.2 Å². The van der Waals surface area contributed by atoms with Crippen LogP contribution in [0.2, 0.25) is 0 Å². The van der Waals surface area contributed by atoms with Crippen molar-refractivity contribution in [2.75, 3.05) is 0 Å². The normalized spacial score (nSPS) is 10.3. The highest BCUT2D eigenvalue weighted by Crippen LogP contribution is 2.10. The van der Waals surface area contributed by atoms with Gasteiger partial charge in [-0.3, -0.25) is 4.79 Å². The van der Waals surface area contributed by atoms with Crippen LogP contribution >= 0.6 is 0 Å². The molecule has 1 aromatic carbocycles. The highest BCUT2D eigenvalue weighted by molar-refractivity contribution is 5.22. The zero-order chi connectivity index (χ0) is 13.0. The molecular formula is C13H12FNO3. The molecule has 0 bridgehead atoms. The summed E-state index contributed by atoms with van der Waals surface area (Å²) in [5.41, 5.74) is 0.426. The van der Waals surface area contributed by atoms with Crippen LogP contribution in [0, 0.1) is 5.82 Å². The van der Waals surface area contributed by atoms with Crippen LogP contribution in [0.4, 0.5) is 4.39 Å². The number of hydrogen-bond donors (Lipinski definition) is 2. The van der Waals surface area contributed by atoms with Crippen molar-refractivity contribution >= 4 is 0 Å². The summed E-state index contributed by atoms with van der Waals surface area (Å²) in [6, 6.07) is 7.45. The highest BCUT2D eigenvalue weighted by Gasteiger charge is 2.05. The molecule has 18 heavy (non-hydrogen) atoms. The minimum absolute atomic E-state index is 0.0196. The van der Waals surface area contributed by atoms with E-state index in [1.54, 1.807) is 18.2 Å². The second-order valence-corrected chi connectivity index (χ2v) is 3.72. The van der Waals surface area contributed by atoms with E-state index in [2.05, 4.69) is 4.98 Å². The number of aromatic nitrogens is 1. The number of hydrogen-bond acceptors (Lipinski definition) is 3. The van der Waals surface area contributed by atoms with Crippen LogP contribution in [0.5, 0.6) is 5.75 Å². The molecule has 0 saturated carbocycles. The molecule has 2 rings (SSSR count). The summed E-state index contributed by atoms with van der Waals surface area (Å²) >= 11 is 0. The van der Waals surface area contributed by atoms with Crippen molar-refractivity contribution in [3.63, 3.8) is 0 Å². The van der Waals surface area contributed by atoms with Crippen molar-refractivity contribution in [1.29, 1.82) is 0 Å². The van der Waals surface area contributed by atoms with Gasteiger partial charge in [-0.1, -0.05) is 18.2 Å². The molecule has 0 aliphatic rings. The predicted octanol–water partition coefficient (Wildman–Crippen LogP) is 1.59. The second kappa shape index (κ2) is 5.46. The molecule has 0 amide bonds.